The third-order valence-corrected chi connectivity index (χ3v) is 5.52. The van der Waals surface area contributed by atoms with Crippen LogP contribution in [0.1, 0.15) is 0 Å². The lowest BCUT2D eigenvalue weighted by atomic mass is 10.1. The lowest BCUT2D eigenvalue weighted by Crippen LogP contribution is -2.13. The molecule has 0 fully saturated rings. The van der Waals surface area contributed by atoms with Crippen LogP contribution in [0.2, 0.25) is 5.02 Å². The zero-order valence-electron chi connectivity index (χ0n) is 12.1. The number of carbonyl (C=O) groups excluding carboxylic acids is 1. The largest absolute Gasteiger partial charge is 0.325 e. The first-order valence-corrected chi connectivity index (χ1v) is 9.14. The van der Waals surface area contributed by atoms with E-state index in [0.29, 0.717) is 16.5 Å². The zero-order valence-corrected chi connectivity index (χ0v) is 15.2. The topological polar surface area (TPSA) is 29.1 Å². The highest BCUT2D eigenvalue weighted by molar-refractivity contribution is 9.10. The number of amides is 1. The molecule has 0 heterocycles. The fourth-order valence-electron chi connectivity index (χ4n) is 2.18. The first-order valence-electron chi connectivity index (χ1n) is 6.98. The number of hydrogen-bond acceptors (Lipinski definition) is 2. The summed E-state index contributed by atoms with van der Waals surface area (Å²) in [6.45, 7) is 0. The number of hydrogen-bond donors (Lipinski definition) is 1. The molecule has 0 aliphatic heterocycles. The Labute approximate surface area is 152 Å². The first kappa shape index (κ1) is 16.4. The third kappa shape index (κ3) is 4.28. The molecule has 23 heavy (non-hydrogen) atoms. The van der Waals surface area contributed by atoms with Gasteiger partial charge in [0.15, 0.2) is 0 Å². The maximum absolute atomic E-state index is 12.1. The van der Waals surface area contributed by atoms with E-state index in [1.165, 1.54) is 22.5 Å². The molecule has 0 saturated carbocycles. The minimum absolute atomic E-state index is 0.0541. The predicted octanol–water partition coefficient (Wildman–Crippen LogP) is 5.99. The average Bonchev–Trinajstić information content (AvgIpc) is 2.56. The van der Waals surface area contributed by atoms with Crippen LogP contribution >= 0.6 is 39.3 Å². The van der Waals surface area contributed by atoms with E-state index in [-0.39, 0.29) is 5.91 Å². The van der Waals surface area contributed by atoms with Gasteiger partial charge in [0.2, 0.25) is 5.91 Å². The molecule has 0 aliphatic carbocycles. The van der Waals surface area contributed by atoms with E-state index in [2.05, 4.69) is 45.5 Å². The average molecular weight is 407 g/mol. The maximum atomic E-state index is 12.1. The van der Waals surface area contributed by atoms with Crippen molar-refractivity contribution in [2.75, 3.05) is 11.1 Å². The SMILES string of the molecule is O=C(CSc1ccc2ccccc2c1)Nc1ccc(Br)c(Cl)c1. The van der Waals surface area contributed by atoms with Gasteiger partial charge in [-0.1, -0.05) is 41.9 Å². The molecule has 3 aromatic carbocycles. The van der Waals surface area contributed by atoms with Crippen LogP contribution in [0, 0.1) is 0 Å². The van der Waals surface area contributed by atoms with Crippen molar-refractivity contribution >= 4 is 61.7 Å². The van der Waals surface area contributed by atoms with Crippen LogP contribution in [0.15, 0.2) is 70.0 Å². The molecule has 0 radical (unpaired) electrons. The number of rotatable bonds is 4. The van der Waals surface area contributed by atoms with E-state index in [0.717, 1.165) is 9.37 Å². The van der Waals surface area contributed by atoms with Gasteiger partial charge in [0.1, 0.15) is 0 Å². The molecule has 1 N–H and O–H groups in total. The Morgan fingerprint density at radius 3 is 2.61 bits per heavy atom. The Balaban J connectivity index is 1.62. The highest BCUT2D eigenvalue weighted by Crippen LogP contribution is 2.26. The lowest BCUT2D eigenvalue weighted by Gasteiger charge is -2.07. The van der Waals surface area contributed by atoms with Crippen molar-refractivity contribution in [1.82, 2.24) is 0 Å². The zero-order chi connectivity index (χ0) is 16.2. The third-order valence-electron chi connectivity index (χ3n) is 3.29. The second-order valence-corrected chi connectivity index (χ2v) is 7.28. The van der Waals surface area contributed by atoms with Crippen molar-refractivity contribution in [1.29, 1.82) is 0 Å². The van der Waals surface area contributed by atoms with E-state index in [1.807, 2.05) is 30.3 Å². The van der Waals surface area contributed by atoms with Crippen molar-refractivity contribution in [2.24, 2.45) is 0 Å². The minimum atomic E-state index is -0.0541. The second-order valence-electron chi connectivity index (χ2n) is 4.97. The van der Waals surface area contributed by atoms with Gasteiger partial charge in [0.05, 0.1) is 10.8 Å². The number of thioether (sulfide) groups is 1. The van der Waals surface area contributed by atoms with Crippen LogP contribution in [0.5, 0.6) is 0 Å². The van der Waals surface area contributed by atoms with Gasteiger partial charge in [-0.25, -0.2) is 0 Å². The summed E-state index contributed by atoms with van der Waals surface area (Å²) in [5.74, 6) is 0.299. The molecule has 1 amide bonds. The molecule has 0 atom stereocenters. The Kier molecular flexibility index (Phi) is 5.26. The molecule has 0 bridgehead atoms. The Bertz CT molecular complexity index is 869. The van der Waals surface area contributed by atoms with Gasteiger partial charge in [0.25, 0.3) is 0 Å². The van der Waals surface area contributed by atoms with Crippen molar-refractivity contribution in [2.45, 2.75) is 4.90 Å². The Morgan fingerprint density at radius 2 is 1.83 bits per heavy atom. The number of benzene rings is 3. The Hall–Kier alpha value is -1.49. The van der Waals surface area contributed by atoms with E-state index >= 15 is 0 Å². The number of halogens is 2. The van der Waals surface area contributed by atoms with Crippen LogP contribution in [0.25, 0.3) is 10.8 Å². The molecule has 0 spiro atoms. The summed E-state index contributed by atoms with van der Waals surface area (Å²) in [6.07, 6.45) is 0. The number of carbonyl (C=O) groups is 1. The molecule has 3 aromatic rings. The molecule has 0 aliphatic rings. The van der Waals surface area contributed by atoms with E-state index in [4.69, 9.17) is 11.6 Å². The minimum Gasteiger partial charge on any atom is -0.325 e. The summed E-state index contributed by atoms with van der Waals surface area (Å²) in [5, 5.41) is 5.80. The van der Waals surface area contributed by atoms with Gasteiger partial charge >= 0.3 is 0 Å². The van der Waals surface area contributed by atoms with Crippen LogP contribution in [0.3, 0.4) is 0 Å². The summed E-state index contributed by atoms with van der Waals surface area (Å²) in [4.78, 5) is 13.1. The monoisotopic (exact) mass is 405 g/mol. The van der Waals surface area contributed by atoms with Crippen molar-refractivity contribution < 1.29 is 4.79 Å². The predicted molar refractivity (Wildman–Crippen MR) is 102 cm³/mol. The van der Waals surface area contributed by atoms with Crippen LogP contribution in [-0.4, -0.2) is 11.7 Å². The van der Waals surface area contributed by atoms with Gasteiger partial charge in [-0.3, -0.25) is 4.79 Å². The summed E-state index contributed by atoms with van der Waals surface area (Å²) in [5.41, 5.74) is 0.697. The van der Waals surface area contributed by atoms with E-state index < -0.39 is 0 Å². The summed E-state index contributed by atoms with van der Waals surface area (Å²) >= 11 is 10.9. The van der Waals surface area contributed by atoms with Gasteiger partial charge in [-0.15, -0.1) is 11.8 Å². The molecule has 0 aromatic heterocycles. The van der Waals surface area contributed by atoms with Crippen molar-refractivity contribution in [3.8, 4) is 0 Å². The van der Waals surface area contributed by atoms with Crippen LogP contribution in [-0.2, 0) is 4.79 Å². The van der Waals surface area contributed by atoms with Crippen molar-refractivity contribution in [3.05, 3.63) is 70.2 Å². The van der Waals surface area contributed by atoms with Gasteiger partial charge < -0.3 is 5.32 Å². The van der Waals surface area contributed by atoms with Gasteiger partial charge in [0, 0.05) is 15.1 Å². The van der Waals surface area contributed by atoms with Gasteiger partial charge in [-0.05, 0) is 57.0 Å². The molecular weight excluding hydrogens is 394 g/mol. The molecule has 0 saturated heterocycles. The first-order chi connectivity index (χ1) is 11.1. The lowest BCUT2D eigenvalue weighted by molar-refractivity contribution is -0.113. The normalized spacial score (nSPS) is 10.7. The van der Waals surface area contributed by atoms with Crippen molar-refractivity contribution in [3.63, 3.8) is 0 Å². The quantitative estimate of drug-likeness (QED) is 0.539. The van der Waals surface area contributed by atoms with E-state index in [1.54, 1.807) is 6.07 Å². The highest BCUT2D eigenvalue weighted by atomic mass is 79.9. The summed E-state index contributed by atoms with van der Waals surface area (Å²) in [6, 6.07) is 19.8. The molecule has 116 valence electrons. The number of anilines is 1. The molecular formula is C18H13BrClNOS. The molecule has 0 unspecified atom stereocenters. The Morgan fingerprint density at radius 1 is 1.04 bits per heavy atom. The fourth-order valence-corrected chi connectivity index (χ4v) is 3.35. The molecule has 2 nitrogen and oxygen atoms in total. The van der Waals surface area contributed by atoms with Gasteiger partial charge in [-0.2, -0.15) is 0 Å². The number of fused-ring (bicyclic) bond motifs is 1. The molecule has 3 rings (SSSR count). The second kappa shape index (κ2) is 7.39. The smallest absolute Gasteiger partial charge is 0.234 e. The maximum Gasteiger partial charge on any atom is 0.234 e. The van der Waals surface area contributed by atoms with Crippen LogP contribution in [0.4, 0.5) is 5.69 Å². The standard InChI is InChI=1S/C18H13BrClNOS/c19-16-8-6-14(10-17(16)20)21-18(22)11-23-15-7-5-12-3-1-2-4-13(12)9-15/h1-10H,11H2,(H,21,22). The fraction of sp³-hybridized carbons (Fsp3) is 0.0556. The summed E-state index contributed by atoms with van der Waals surface area (Å²) in [7, 11) is 0. The molecule has 5 heteroatoms. The number of nitrogens with one attached hydrogen (secondary N) is 1. The summed E-state index contributed by atoms with van der Waals surface area (Å²) < 4.78 is 0.808. The van der Waals surface area contributed by atoms with Crippen LogP contribution < -0.4 is 5.32 Å². The van der Waals surface area contributed by atoms with E-state index in [9.17, 15) is 4.79 Å². The highest BCUT2D eigenvalue weighted by Gasteiger charge is 2.06.